The highest BCUT2D eigenvalue weighted by Crippen LogP contribution is 2.33. The van der Waals surface area contributed by atoms with E-state index in [0.29, 0.717) is 27.9 Å². The molecular formula is C21H23F3N2O2. The van der Waals surface area contributed by atoms with Crippen molar-refractivity contribution < 1.29 is 23.1 Å². The Morgan fingerprint density at radius 3 is 2.46 bits per heavy atom. The average Bonchev–Trinajstić information content (AvgIpc) is 2.63. The molecule has 0 unspecified atom stereocenters. The van der Waals surface area contributed by atoms with E-state index in [2.05, 4.69) is 4.99 Å². The molecule has 2 rings (SSSR count). The van der Waals surface area contributed by atoms with E-state index >= 15 is 0 Å². The van der Waals surface area contributed by atoms with Crippen LogP contribution >= 0.6 is 0 Å². The summed E-state index contributed by atoms with van der Waals surface area (Å²) in [4.78, 5) is 17.9. The third-order valence-corrected chi connectivity index (χ3v) is 4.71. The summed E-state index contributed by atoms with van der Waals surface area (Å²) in [6.07, 6.45) is -2.65. The highest BCUT2D eigenvalue weighted by molar-refractivity contribution is 5.91. The van der Waals surface area contributed by atoms with Crippen LogP contribution in [-0.4, -0.2) is 35.9 Å². The maximum absolute atomic E-state index is 13.0. The molecule has 0 amide bonds. The summed E-state index contributed by atoms with van der Waals surface area (Å²) in [6.45, 7) is 6.17. The van der Waals surface area contributed by atoms with Crippen LogP contribution in [-0.2, 0) is 12.6 Å². The molecule has 0 saturated carbocycles. The monoisotopic (exact) mass is 392 g/mol. The molecule has 1 N–H and O–H groups in total. The highest BCUT2D eigenvalue weighted by atomic mass is 19.4. The molecule has 28 heavy (non-hydrogen) atoms. The second kappa shape index (κ2) is 8.46. The van der Waals surface area contributed by atoms with Gasteiger partial charge in [0, 0.05) is 13.6 Å². The van der Waals surface area contributed by atoms with Crippen molar-refractivity contribution in [3.8, 4) is 0 Å². The Hall–Kier alpha value is -2.83. The van der Waals surface area contributed by atoms with Gasteiger partial charge in [-0.2, -0.15) is 13.2 Å². The van der Waals surface area contributed by atoms with E-state index in [1.165, 1.54) is 12.1 Å². The molecule has 0 radical (unpaired) electrons. The minimum Gasteiger partial charge on any atom is -0.478 e. The van der Waals surface area contributed by atoms with Crippen LogP contribution in [0.2, 0.25) is 0 Å². The van der Waals surface area contributed by atoms with Crippen LogP contribution in [0.15, 0.2) is 35.3 Å². The molecule has 0 heterocycles. The van der Waals surface area contributed by atoms with Crippen molar-refractivity contribution in [3.05, 3.63) is 63.7 Å². The summed E-state index contributed by atoms with van der Waals surface area (Å²) >= 11 is 0. The summed E-state index contributed by atoms with van der Waals surface area (Å²) < 4.78 is 39.0. The van der Waals surface area contributed by atoms with Gasteiger partial charge < -0.3 is 10.0 Å². The van der Waals surface area contributed by atoms with Gasteiger partial charge in [0.1, 0.15) is 0 Å². The van der Waals surface area contributed by atoms with Gasteiger partial charge in [-0.1, -0.05) is 18.2 Å². The zero-order valence-corrected chi connectivity index (χ0v) is 16.3. The van der Waals surface area contributed by atoms with E-state index in [1.807, 2.05) is 18.9 Å². The molecule has 2 aromatic rings. The van der Waals surface area contributed by atoms with Crippen molar-refractivity contribution in [2.45, 2.75) is 33.4 Å². The van der Waals surface area contributed by atoms with Crippen LogP contribution in [0.3, 0.4) is 0 Å². The number of rotatable bonds is 6. The Balaban J connectivity index is 2.58. The molecule has 0 fully saturated rings. The smallest absolute Gasteiger partial charge is 0.416 e. The fraction of sp³-hybridized carbons (Fsp3) is 0.333. The number of nitrogens with zero attached hydrogens (tertiary/aromatic N) is 2. The number of carboxylic acids is 1. The lowest BCUT2D eigenvalue weighted by Gasteiger charge is -2.16. The molecule has 0 saturated heterocycles. The van der Waals surface area contributed by atoms with Crippen LogP contribution in [0, 0.1) is 13.8 Å². The van der Waals surface area contributed by atoms with Crippen LogP contribution in [0.5, 0.6) is 0 Å². The lowest BCUT2D eigenvalue weighted by Crippen LogP contribution is -2.14. The average molecular weight is 392 g/mol. The Bertz CT molecular complexity index is 905. The van der Waals surface area contributed by atoms with E-state index in [-0.39, 0.29) is 12.0 Å². The summed E-state index contributed by atoms with van der Waals surface area (Å²) in [7, 11) is 1.85. The fourth-order valence-electron chi connectivity index (χ4n) is 2.82. The van der Waals surface area contributed by atoms with Crippen molar-refractivity contribution in [1.29, 1.82) is 0 Å². The number of hydrogen-bond acceptors (Lipinski definition) is 2. The normalized spacial score (nSPS) is 11.8. The minimum atomic E-state index is -4.43. The summed E-state index contributed by atoms with van der Waals surface area (Å²) in [5.74, 6) is -1.08. The lowest BCUT2D eigenvalue weighted by molar-refractivity contribution is -0.137. The van der Waals surface area contributed by atoms with Crippen molar-refractivity contribution in [1.82, 2.24) is 4.90 Å². The summed E-state index contributed by atoms with van der Waals surface area (Å²) in [5.41, 5.74) is 2.27. The SMILES string of the molecule is CCN(C)C=Nc1c(Cc2cccc(C(F)(F)F)c2)cc(C(=O)O)c(C)c1C. The Kier molecular flexibility index (Phi) is 6.48. The minimum absolute atomic E-state index is 0.127. The number of aromatic carboxylic acids is 1. The first-order valence-electron chi connectivity index (χ1n) is 8.81. The quantitative estimate of drug-likeness (QED) is 0.541. The molecule has 0 aliphatic carbocycles. The molecular weight excluding hydrogens is 369 g/mol. The van der Waals surface area contributed by atoms with Gasteiger partial charge >= 0.3 is 12.1 Å². The predicted octanol–water partition coefficient (Wildman–Crippen LogP) is 5.22. The van der Waals surface area contributed by atoms with E-state index in [9.17, 15) is 23.1 Å². The van der Waals surface area contributed by atoms with Gasteiger partial charge in [0.25, 0.3) is 0 Å². The first kappa shape index (κ1) is 21.5. The van der Waals surface area contributed by atoms with E-state index in [0.717, 1.165) is 18.7 Å². The molecule has 0 aliphatic rings. The van der Waals surface area contributed by atoms with E-state index in [1.54, 1.807) is 26.3 Å². The van der Waals surface area contributed by atoms with Crippen LogP contribution in [0.25, 0.3) is 0 Å². The maximum Gasteiger partial charge on any atom is 0.416 e. The topological polar surface area (TPSA) is 52.9 Å². The zero-order valence-electron chi connectivity index (χ0n) is 16.3. The zero-order chi connectivity index (χ0) is 21.1. The first-order chi connectivity index (χ1) is 13.0. The number of carboxylic acid groups (broad SMARTS) is 1. The number of hydrogen-bond donors (Lipinski definition) is 1. The second-order valence-corrected chi connectivity index (χ2v) is 6.68. The first-order valence-corrected chi connectivity index (χ1v) is 8.81. The molecule has 0 aromatic heterocycles. The molecule has 7 heteroatoms. The van der Waals surface area contributed by atoms with Gasteiger partial charge in [0.15, 0.2) is 0 Å². The van der Waals surface area contributed by atoms with Gasteiger partial charge in [-0.25, -0.2) is 9.79 Å². The van der Waals surface area contributed by atoms with Crippen molar-refractivity contribution >= 4 is 18.0 Å². The number of aliphatic imine (C=N–C) groups is 1. The molecule has 4 nitrogen and oxygen atoms in total. The predicted molar refractivity (Wildman–Crippen MR) is 104 cm³/mol. The second-order valence-electron chi connectivity index (χ2n) is 6.68. The molecule has 0 spiro atoms. The molecule has 0 bridgehead atoms. The van der Waals surface area contributed by atoms with Crippen molar-refractivity contribution in [2.75, 3.05) is 13.6 Å². The summed E-state index contributed by atoms with van der Waals surface area (Å²) in [5, 5.41) is 9.48. The van der Waals surface area contributed by atoms with Crippen LogP contribution in [0.1, 0.15) is 45.1 Å². The number of benzene rings is 2. The lowest BCUT2D eigenvalue weighted by atomic mass is 9.93. The molecule has 0 atom stereocenters. The third kappa shape index (κ3) is 4.91. The number of carbonyl (C=O) groups is 1. The van der Waals surface area contributed by atoms with Gasteiger partial charge in [-0.3, -0.25) is 0 Å². The summed E-state index contributed by atoms with van der Waals surface area (Å²) in [6, 6.07) is 6.55. The van der Waals surface area contributed by atoms with Gasteiger partial charge in [-0.05, 0) is 61.6 Å². The Morgan fingerprint density at radius 2 is 1.89 bits per heavy atom. The van der Waals surface area contributed by atoms with Crippen molar-refractivity contribution in [2.24, 2.45) is 4.99 Å². The molecule has 0 aliphatic heterocycles. The van der Waals surface area contributed by atoms with E-state index < -0.39 is 17.7 Å². The number of halogens is 3. The molecule has 150 valence electrons. The van der Waals surface area contributed by atoms with Gasteiger partial charge in [0.05, 0.1) is 23.2 Å². The Labute approximate surface area is 162 Å². The standard InChI is InChI=1S/C21H23F3N2O2/c1-5-26(4)12-25-19-14(3)13(2)18(20(27)28)11-16(19)9-15-7-6-8-17(10-15)21(22,23)24/h6-8,10-12H,5,9H2,1-4H3,(H,27,28). The number of alkyl halides is 3. The largest absolute Gasteiger partial charge is 0.478 e. The van der Waals surface area contributed by atoms with Gasteiger partial charge in [-0.15, -0.1) is 0 Å². The fourth-order valence-corrected chi connectivity index (χ4v) is 2.82. The van der Waals surface area contributed by atoms with Crippen LogP contribution in [0.4, 0.5) is 18.9 Å². The highest BCUT2D eigenvalue weighted by Gasteiger charge is 2.30. The van der Waals surface area contributed by atoms with E-state index in [4.69, 9.17) is 0 Å². The third-order valence-electron chi connectivity index (χ3n) is 4.71. The van der Waals surface area contributed by atoms with Crippen molar-refractivity contribution in [3.63, 3.8) is 0 Å². The molecule has 2 aromatic carbocycles. The van der Waals surface area contributed by atoms with Crippen LogP contribution < -0.4 is 0 Å². The maximum atomic E-state index is 13.0. The Morgan fingerprint density at radius 1 is 1.21 bits per heavy atom. The van der Waals surface area contributed by atoms with Gasteiger partial charge in [0.2, 0.25) is 0 Å².